The summed E-state index contributed by atoms with van der Waals surface area (Å²) in [5, 5.41) is 10.7. The van der Waals surface area contributed by atoms with E-state index in [4.69, 9.17) is 11.6 Å². The first-order valence-corrected chi connectivity index (χ1v) is 9.74. The summed E-state index contributed by atoms with van der Waals surface area (Å²) in [4.78, 5) is 36.6. The first-order valence-electron chi connectivity index (χ1n) is 9.21. The molecule has 2 aliphatic rings. The van der Waals surface area contributed by atoms with Gasteiger partial charge in [0.05, 0.1) is 22.6 Å². The van der Waals surface area contributed by atoms with Gasteiger partial charge in [0, 0.05) is 42.0 Å². The molecule has 1 fully saturated rings. The topological polar surface area (TPSA) is 99.4 Å². The van der Waals surface area contributed by atoms with Crippen LogP contribution in [-0.2, 0) is 6.42 Å². The Hall–Kier alpha value is -2.52. The van der Waals surface area contributed by atoms with Gasteiger partial charge in [-0.15, -0.1) is 21.4 Å². The summed E-state index contributed by atoms with van der Waals surface area (Å²) < 4.78 is 1.39. The predicted octanol–water partition coefficient (Wildman–Crippen LogP) is 2.82. The Morgan fingerprint density at radius 1 is 1.39 bits per heavy atom. The lowest BCUT2D eigenvalue weighted by atomic mass is 9.74. The molecule has 1 aromatic carbocycles. The van der Waals surface area contributed by atoms with E-state index in [1.54, 1.807) is 0 Å². The molecule has 28 heavy (non-hydrogen) atoms. The van der Waals surface area contributed by atoms with Crippen molar-refractivity contribution in [3.8, 4) is 0 Å². The number of nitrogens with zero attached hydrogens (tertiary/aromatic N) is 5. The van der Waals surface area contributed by atoms with Crippen LogP contribution < -0.4 is 5.32 Å². The molecular formula is C18H21ClN6O3. The van der Waals surface area contributed by atoms with Gasteiger partial charge < -0.3 is 10.2 Å². The van der Waals surface area contributed by atoms with Crippen LogP contribution in [0.5, 0.6) is 0 Å². The number of rotatable bonds is 5. The zero-order valence-electron chi connectivity index (χ0n) is 15.4. The molecule has 2 amide bonds. The zero-order valence-corrected chi connectivity index (χ0v) is 16.2. The Kier molecular flexibility index (Phi) is 5.03. The molecule has 4 rings (SSSR count). The number of urea groups is 1. The second kappa shape index (κ2) is 7.48. The van der Waals surface area contributed by atoms with Crippen LogP contribution in [-0.4, -0.2) is 58.7 Å². The summed E-state index contributed by atoms with van der Waals surface area (Å²) in [7, 11) is 2.03. The maximum atomic E-state index is 12.3. The van der Waals surface area contributed by atoms with Gasteiger partial charge in [-0.2, -0.15) is 5.01 Å². The first-order chi connectivity index (χ1) is 13.6. The third-order valence-electron chi connectivity index (χ3n) is 5.87. The van der Waals surface area contributed by atoms with Gasteiger partial charge in [-0.3, -0.25) is 0 Å². The highest BCUT2D eigenvalue weighted by atomic mass is 35.5. The number of fused-ring (bicyclic) bond motifs is 2. The molecule has 1 aliphatic heterocycles. The minimum absolute atomic E-state index is 0.0698. The molecule has 1 aliphatic carbocycles. The van der Waals surface area contributed by atoms with Gasteiger partial charge in [-0.05, 0) is 37.1 Å². The summed E-state index contributed by atoms with van der Waals surface area (Å²) in [5.74, 6) is 0.342. The van der Waals surface area contributed by atoms with E-state index in [0.29, 0.717) is 6.54 Å². The molecule has 1 saturated heterocycles. The SMILES string of the molecule is CN1C[C@H](NC(=O)N(CCCl)N=O)C[C@@H]2c3cccc4c3c(cn4N=O)C[C@H]21. The Balaban J connectivity index is 1.62. The molecule has 2 heterocycles. The van der Waals surface area contributed by atoms with E-state index < -0.39 is 6.03 Å². The molecule has 2 aromatic rings. The van der Waals surface area contributed by atoms with Crippen molar-refractivity contribution in [1.82, 2.24) is 19.9 Å². The highest BCUT2D eigenvalue weighted by Crippen LogP contribution is 2.43. The van der Waals surface area contributed by atoms with E-state index in [-0.39, 0.29) is 30.4 Å². The summed E-state index contributed by atoms with van der Waals surface area (Å²) in [5.41, 5.74) is 3.11. The summed E-state index contributed by atoms with van der Waals surface area (Å²) >= 11 is 5.62. The number of carbonyl (C=O) groups is 1. The number of carbonyl (C=O) groups excluding carboxylic acids is 1. The number of amides is 2. The largest absolute Gasteiger partial charge is 0.340 e. The fourth-order valence-electron chi connectivity index (χ4n) is 4.71. The molecule has 0 spiro atoms. The quantitative estimate of drug-likeness (QED) is 0.470. The number of likely N-dealkylation sites (N-methyl/N-ethyl adjacent to an activating group) is 1. The lowest BCUT2D eigenvalue weighted by Gasteiger charge is -2.45. The normalized spacial score (nSPS) is 23.9. The fraction of sp³-hybridized carbons (Fsp3) is 0.500. The van der Waals surface area contributed by atoms with Crippen LogP contribution in [0.2, 0.25) is 0 Å². The summed E-state index contributed by atoms with van der Waals surface area (Å²) in [6, 6.07) is 5.54. The van der Waals surface area contributed by atoms with Gasteiger partial charge in [0.25, 0.3) is 0 Å². The van der Waals surface area contributed by atoms with E-state index in [9.17, 15) is 14.6 Å². The van der Waals surface area contributed by atoms with E-state index >= 15 is 0 Å². The average molecular weight is 405 g/mol. The number of benzene rings is 1. The van der Waals surface area contributed by atoms with E-state index in [1.165, 1.54) is 10.2 Å². The molecule has 10 heteroatoms. The number of nitrogens with one attached hydrogen (secondary N) is 1. The Bertz CT molecular complexity index is 931. The van der Waals surface area contributed by atoms with Crippen molar-refractivity contribution in [2.24, 2.45) is 10.6 Å². The molecule has 3 atom stereocenters. The zero-order chi connectivity index (χ0) is 19.8. The highest BCUT2D eigenvalue weighted by Gasteiger charge is 2.40. The number of piperidine rings is 1. The summed E-state index contributed by atoms with van der Waals surface area (Å²) in [6.07, 6.45) is 3.39. The minimum atomic E-state index is -0.529. The maximum absolute atomic E-state index is 12.3. The molecular weight excluding hydrogens is 384 g/mol. The van der Waals surface area contributed by atoms with Crippen LogP contribution in [0.1, 0.15) is 23.5 Å². The van der Waals surface area contributed by atoms with E-state index in [0.717, 1.165) is 34.3 Å². The van der Waals surface area contributed by atoms with Gasteiger partial charge in [0.2, 0.25) is 0 Å². The van der Waals surface area contributed by atoms with Crippen molar-refractivity contribution in [2.45, 2.75) is 30.8 Å². The number of hydrogen-bond donors (Lipinski definition) is 1. The lowest BCUT2D eigenvalue weighted by molar-refractivity contribution is 0.124. The van der Waals surface area contributed by atoms with Crippen LogP contribution >= 0.6 is 11.6 Å². The van der Waals surface area contributed by atoms with Gasteiger partial charge >= 0.3 is 6.03 Å². The van der Waals surface area contributed by atoms with Crippen LogP contribution in [0.4, 0.5) is 4.79 Å². The van der Waals surface area contributed by atoms with Crippen LogP contribution in [0.3, 0.4) is 0 Å². The van der Waals surface area contributed by atoms with Gasteiger partial charge in [0.1, 0.15) is 0 Å². The van der Waals surface area contributed by atoms with E-state index in [1.807, 2.05) is 25.4 Å². The van der Waals surface area contributed by atoms with Crippen molar-refractivity contribution in [3.63, 3.8) is 0 Å². The van der Waals surface area contributed by atoms with Crippen molar-refractivity contribution in [1.29, 1.82) is 0 Å². The average Bonchev–Trinajstić information content (AvgIpc) is 3.06. The molecule has 1 aromatic heterocycles. The maximum Gasteiger partial charge on any atom is 0.340 e. The third-order valence-corrected chi connectivity index (χ3v) is 6.04. The fourth-order valence-corrected chi connectivity index (χ4v) is 4.87. The number of halogens is 1. The molecule has 0 bridgehead atoms. The lowest BCUT2D eigenvalue weighted by Crippen LogP contribution is -2.56. The third kappa shape index (κ3) is 3.04. The number of nitroso groups, excluding NO2 is 2. The second-order valence-electron chi connectivity index (χ2n) is 7.42. The minimum Gasteiger partial charge on any atom is -0.332 e. The standard InChI is InChI=1S/C18H21ClN6O3/c1-23-10-12(20-18(26)24(21-27)6-5-19)8-14-13-3-2-4-15-17(13)11(7-16(14)23)9-25(15)22-28/h2-4,9,12,14,16H,5-8,10H2,1H3,(H,20,26)/t12-,14-,16-/m1/s1. The van der Waals surface area contributed by atoms with Crippen molar-refractivity contribution < 1.29 is 4.79 Å². The molecule has 9 nitrogen and oxygen atoms in total. The van der Waals surface area contributed by atoms with Crippen LogP contribution in [0.15, 0.2) is 35.0 Å². The van der Waals surface area contributed by atoms with E-state index in [2.05, 4.69) is 26.9 Å². The molecule has 0 saturated carbocycles. The smallest absolute Gasteiger partial charge is 0.332 e. The molecule has 0 unspecified atom stereocenters. The Labute approximate surface area is 166 Å². The van der Waals surface area contributed by atoms with Gasteiger partial charge in [-0.1, -0.05) is 12.1 Å². The second-order valence-corrected chi connectivity index (χ2v) is 7.79. The molecule has 148 valence electrons. The number of hydrogen-bond acceptors (Lipinski definition) is 6. The molecule has 0 radical (unpaired) electrons. The van der Waals surface area contributed by atoms with Crippen LogP contribution in [0.25, 0.3) is 10.9 Å². The number of aromatic nitrogens is 1. The Morgan fingerprint density at radius 2 is 2.21 bits per heavy atom. The first kappa shape index (κ1) is 18.8. The Morgan fingerprint density at radius 3 is 2.93 bits per heavy atom. The molecule has 1 N–H and O–H groups in total. The van der Waals surface area contributed by atoms with Crippen molar-refractivity contribution in [2.75, 3.05) is 26.0 Å². The van der Waals surface area contributed by atoms with Crippen LogP contribution in [0, 0.1) is 9.81 Å². The van der Waals surface area contributed by atoms with Crippen molar-refractivity contribution in [3.05, 3.63) is 45.3 Å². The highest BCUT2D eigenvalue weighted by molar-refractivity contribution is 6.18. The number of likely N-dealkylation sites (tertiary alicyclic amines) is 1. The number of alkyl halides is 1. The predicted molar refractivity (Wildman–Crippen MR) is 106 cm³/mol. The monoisotopic (exact) mass is 404 g/mol. The summed E-state index contributed by atoms with van der Waals surface area (Å²) in [6.45, 7) is 0.735. The van der Waals surface area contributed by atoms with Gasteiger partial charge in [0.15, 0.2) is 0 Å². The van der Waals surface area contributed by atoms with Gasteiger partial charge in [-0.25, -0.2) is 9.47 Å². The van der Waals surface area contributed by atoms with Crippen molar-refractivity contribution >= 4 is 28.5 Å².